The van der Waals surface area contributed by atoms with Crippen LogP contribution in [0, 0.1) is 5.82 Å². The number of ether oxygens (including phenoxy) is 1. The van der Waals surface area contributed by atoms with Gasteiger partial charge in [-0.25, -0.2) is 4.39 Å². The summed E-state index contributed by atoms with van der Waals surface area (Å²) in [5.74, 6) is -0.421. The van der Waals surface area contributed by atoms with E-state index in [1.54, 1.807) is 19.0 Å². The zero-order valence-electron chi connectivity index (χ0n) is 16.1. The number of hydrogen-bond donors (Lipinski definition) is 2. The summed E-state index contributed by atoms with van der Waals surface area (Å²) in [6, 6.07) is 4.15. The van der Waals surface area contributed by atoms with Crippen molar-refractivity contribution in [3.8, 4) is 17.1 Å². The van der Waals surface area contributed by atoms with Gasteiger partial charge >= 0.3 is 0 Å². The average molecular weight is 380 g/mol. The molecule has 0 aliphatic rings. The maximum absolute atomic E-state index is 13.7. The maximum atomic E-state index is 13.7. The molecule has 2 aromatic rings. The van der Waals surface area contributed by atoms with Crippen molar-refractivity contribution in [2.75, 3.05) is 53.3 Å². The van der Waals surface area contributed by atoms with Gasteiger partial charge in [0, 0.05) is 32.7 Å². The topological polar surface area (TPSA) is 91.1 Å². The number of rotatable bonds is 8. The lowest BCUT2D eigenvalue weighted by atomic mass is 10.1. The standard InChI is InChI=1S/C18H25FN4O4/c1-22(2)10-12(24)9-20-18(25)15-16(27-21-17(15)23(3)4)11-6-7-13(19)14(8-11)26-5/h6-8,12,24H,9-10H2,1-5H3,(H,20,25). The summed E-state index contributed by atoms with van der Waals surface area (Å²) in [6.45, 7) is 0.480. The van der Waals surface area contributed by atoms with Crippen LogP contribution in [0.5, 0.6) is 5.75 Å². The minimum Gasteiger partial charge on any atom is -0.494 e. The molecule has 8 nitrogen and oxygen atoms in total. The van der Waals surface area contributed by atoms with Gasteiger partial charge in [-0.15, -0.1) is 0 Å². The number of anilines is 1. The van der Waals surface area contributed by atoms with E-state index in [1.165, 1.54) is 25.3 Å². The number of hydrogen-bond acceptors (Lipinski definition) is 7. The van der Waals surface area contributed by atoms with Crippen LogP contribution >= 0.6 is 0 Å². The summed E-state index contributed by atoms with van der Waals surface area (Å²) < 4.78 is 24.1. The van der Waals surface area contributed by atoms with Crippen molar-refractivity contribution >= 4 is 11.7 Å². The molecule has 1 amide bonds. The minimum absolute atomic E-state index is 0.0306. The molecule has 0 fully saturated rings. The number of nitrogens with zero attached hydrogens (tertiary/aromatic N) is 3. The van der Waals surface area contributed by atoms with Crippen LogP contribution < -0.4 is 15.0 Å². The molecule has 1 aromatic carbocycles. The Morgan fingerprint density at radius 3 is 2.67 bits per heavy atom. The number of aliphatic hydroxyl groups is 1. The SMILES string of the molecule is COc1cc(-c2onc(N(C)C)c2C(=O)NCC(O)CN(C)C)ccc1F. The van der Waals surface area contributed by atoms with Gasteiger partial charge in [0.1, 0.15) is 5.56 Å². The first-order valence-corrected chi connectivity index (χ1v) is 8.36. The second-order valence-electron chi connectivity index (χ2n) is 6.58. The molecule has 0 aliphatic carbocycles. The number of amides is 1. The highest BCUT2D eigenvalue weighted by Gasteiger charge is 2.26. The van der Waals surface area contributed by atoms with Crippen LogP contribution in [0.4, 0.5) is 10.2 Å². The third-order valence-electron chi connectivity index (χ3n) is 3.81. The monoisotopic (exact) mass is 380 g/mol. The number of carbonyl (C=O) groups excluding carboxylic acids is 1. The molecule has 2 rings (SSSR count). The molecule has 0 saturated heterocycles. The van der Waals surface area contributed by atoms with Gasteiger partial charge in [-0.05, 0) is 32.3 Å². The second-order valence-corrected chi connectivity index (χ2v) is 6.58. The van der Waals surface area contributed by atoms with E-state index in [2.05, 4.69) is 10.5 Å². The van der Waals surface area contributed by atoms with Crippen LogP contribution in [0.25, 0.3) is 11.3 Å². The van der Waals surface area contributed by atoms with E-state index in [9.17, 15) is 14.3 Å². The summed E-state index contributed by atoms with van der Waals surface area (Å²) >= 11 is 0. The van der Waals surface area contributed by atoms with Gasteiger partial charge in [-0.1, -0.05) is 5.16 Å². The van der Waals surface area contributed by atoms with Crippen molar-refractivity contribution in [2.24, 2.45) is 0 Å². The van der Waals surface area contributed by atoms with Crippen molar-refractivity contribution in [2.45, 2.75) is 6.10 Å². The first kappa shape index (κ1) is 20.7. The van der Waals surface area contributed by atoms with Crippen molar-refractivity contribution < 1.29 is 23.6 Å². The van der Waals surface area contributed by atoms with Gasteiger partial charge < -0.3 is 29.5 Å². The summed E-state index contributed by atoms with van der Waals surface area (Å²) in [4.78, 5) is 16.2. The highest BCUT2D eigenvalue weighted by molar-refractivity contribution is 6.04. The van der Waals surface area contributed by atoms with Gasteiger partial charge in [0.25, 0.3) is 5.91 Å². The van der Waals surface area contributed by atoms with Crippen LogP contribution in [0.2, 0.25) is 0 Å². The fourth-order valence-corrected chi connectivity index (χ4v) is 2.57. The number of nitrogens with one attached hydrogen (secondary N) is 1. The Hall–Kier alpha value is -2.65. The third-order valence-corrected chi connectivity index (χ3v) is 3.81. The summed E-state index contributed by atoms with van der Waals surface area (Å²) in [6.07, 6.45) is -0.721. The Balaban J connectivity index is 2.34. The first-order chi connectivity index (χ1) is 12.7. The lowest BCUT2D eigenvalue weighted by molar-refractivity contribution is 0.0893. The van der Waals surface area contributed by atoms with Crippen LogP contribution in [0.1, 0.15) is 10.4 Å². The van der Waals surface area contributed by atoms with Gasteiger partial charge in [0.15, 0.2) is 23.1 Å². The highest BCUT2D eigenvalue weighted by atomic mass is 19.1. The minimum atomic E-state index is -0.721. The Morgan fingerprint density at radius 1 is 1.37 bits per heavy atom. The zero-order valence-corrected chi connectivity index (χ0v) is 16.1. The molecule has 2 N–H and O–H groups in total. The van der Waals surface area contributed by atoms with Gasteiger partial charge in [0.2, 0.25) is 0 Å². The van der Waals surface area contributed by atoms with Crippen LogP contribution in [-0.4, -0.2) is 75.6 Å². The Labute approximate surface area is 157 Å². The van der Waals surface area contributed by atoms with E-state index in [0.29, 0.717) is 17.9 Å². The number of benzene rings is 1. The molecule has 0 radical (unpaired) electrons. The molecule has 0 saturated carbocycles. The van der Waals surface area contributed by atoms with E-state index in [4.69, 9.17) is 9.26 Å². The zero-order chi connectivity index (χ0) is 20.1. The number of carbonyl (C=O) groups is 1. The molecular weight excluding hydrogens is 355 g/mol. The fraction of sp³-hybridized carbons (Fsp3) is 0.444. The summed E-state index contributed by atoms with van der Waals surface area (Å²) in [5, 5.41) is 16.6. The number of likely N-dealkylation sites (N-methyl/N-ethyl adjacent to an activating group) is 1. The first-order valence-electron chi connectivity index (χ1n) is 8.36. The summed E-state index contributed by atoms with van der Waals surface area (Å²) in [5.41, 5.74) is 0.651. The molecule has 0 bridgehead atoms. The predicted octanol–water partition coefficient (Wildman–Crippen LogP) is 1.21. The molecular formula is C18H25FN4O4. The van der Waals surface area contributed by atoms with Crippen LogP contribution in [0.15, 0.2) is 22.7 Å². The second kappa shape index (κ2) is 8.83. The third kappa shape index (κ3) is 4.95. The number of methoxy groups -OCH3 is 1. The van der Waals surface area contributed by atoms with Crippen molar-refractivity contribution in [1.29, 1.82) is 0 Å². The number of aliphatic hydroxyl groups excluding tert-OH is 1. The highest BCUT2D eigenvalue weighted by Crippen LogP contribution is 2.33. The van der Waals surface area contributed by atoms with Crippen LogP contribution in [-0.2, 0) is 0 Å². The largest absolute Gasteiger partial charge is 0.494 e. The van der Waals surface area contributed by atoms with E-state index in [-0.39, 0.29) is 23.6 Å². The molecule has 27 heavy (non-hydrogen) atoms. The lowest BCUT2D eigenvalue weighted by Gasteiger charge is -2.17. The molecule has 0 spiro atoms. The Morgan fingerprint density at radius 2 is 2.07 bits per heavy atom. The number of halogens is 1. The molecule has 1 unspecified atom stereocenters. The Bertz CT molecular complexity index is 792. The number of aromatic nitrogens is 1. The Kier molecular flexibility index (Phi) is 6.75. The molecule has 148 valence electrons. The average Bonchev–Trinajstić information content (AvgIpc) is 3.05. The molecule has 0 aliphatic heterocycles. The normalized spacial score (nSPS) is 12.1. The predicted molar refractivity (Wildman–Crippen MR) is 99.7 cm³/mol. The molecule has 1 atom stereocenters. The quantitative estimate of drug-likeness (QED) is 0.711. The van der Waals surface area contributed by atoms with Crippen molar-refractivity contribution in [3.05, 3.63) is 29.6 Å². The molecule has 1 aromatic heterocycles. The van der Waals surface area contributed by atoms with Crippen molar-refractivity contribution in [1.82, 2.24) is 15.4 Å². The summed E-state index contributed by atoms with van der Waals surface area (Å²) in [7, 11) is 8.47. The fourth-order valence-electron chi connectivity index (χ4n) is 2.57. The van der Waals surface area contributed by atoms with Gasteiger partial charge in [-0.2, -0.15) is 0 Å². The van der Waals surface area contributed by atoms with E-state index >= 15 is 0 Å². The van der Waals surface area contributed by atoms with Gasteiger partial charge in [-0.3, -0.25) is 4.79 Å². The lowest BCUT2D eigenvalue weighted by Crippen LogP contribution is -2.38. The molecule has 9 heteroatoms. The van der Waals surface area contributed by atoms with E-state index < -0.39 is 17.8 Å². The smallest absolute Gasteiger partial charge is 0.259 e. The van der Waals surface area contributed by atoms with Crippen molar-refractivity contribution in [3.63, 3.8) is 0 Å². The molecule has 1 heterocycles. The van der Waals surface area contributed by atoms with E-state index in [1.807, 2.05) is 19.0 Å². The van der Waals surface area contributed by atoms with Gasteiger partial charge in [0.05, 0.1) is 13.2 Å². The van der Waals surface area contributed by atoms with Crippen LogP contribution in [0.3, 0.4) is 0 Å². The van der Waals surface area contributed by atoms with E-state index in [0.717, 1.165) is 0 Å². The maximum Gasteiger partial charge on any atom is 0.259 e.